The maximum absolute atomic E-state index is 11.5. The molecule has 0 aromatic heterocycles. The van der Waals surface area contributed by atoms with Crippen LogP contribution in [0.2, 0.25) is 0 Å². The predicted molar refractivity (Wildman–Crippen MR) is 86.2 cm³/mol. The number of ether oxygens (including phenoxy) is 1. The molecule has 0 aliphatic rings. The molecule has 8 heteroatoms. The van der Waals surface area contributed by atoms with Gasteiger partial charge in [0, 0.05) is 6.08 Å². The molecule has 0 heterocycles. The second kappa shape index (κ2) is 8.62. The minimum Gasteiger partial charge on any atom is -0.478 e. The number of aromatic carboxylic acids is 3. The Balaban J connectivity index is 3.18. The topological polar surface area (TPSA) is 138 Å². The molecule has 0 saturated carbocycles. The molecule has 25 heavy (non-hydrogen) atoms. The third kappa shape index (κ3) is 4.90. The molecule has 134 valence electrons. The third-order valence-corrected chi connectivity index (χ3v) is 3.52. The Morgan fingerprint density at radius 1 is 1.04 bits per heavy atom. The number of benzene rings is 1. The summed E-state index contributed by atoms with van der Waals surface area (Å²) in [5.74, 6) is -4.88. The average molecular weight is 350 g/mol. The summed E-state index contributed by atoms with van der Waals surface area (Å²) in [5.41, 5.74) is -1.08. The number of unbranched alkanes of at least 4 members (excludes halogenated alkanes) is 1. The third-order valence-electron chi connectivity index (χ3n) is 3.52. The van der Waals surface area contributed by atoms with Gasteiger partial charge in [-0.2, -0.15) is 0 Å². The van der Waals surface area contributed by atoms with Gasteiger partial charge in [0.25, 0.3) is 0 Å². The Kier molecular flexibility index (Phi) is 6.86. The number of hydrogen-bond donors (Lipinski definition) is 3. The summed E-state index contributed by atoms with van der Waals surface area (Å²) in [5, 5.41) is 27.9. The van der Waals surface area contributed by atoms with E-state index in [1.165, 1.54) is 6.92 Å². The van der Waals surface area contributed by atoms with Gasteiger partial charge in [0.2, 0.25) is 0 Å². The van der Waals surface area contributed by atoms with E-state index < -0.39 is 35.0 Å². The van der Waals surface area contributed by atoms with E-state index in [9.17, 15) is 34.5 Å². The van der Waals surface area contributed by atoms with Crippen molar-refractivity contribution >= 4 is 23.9 Å². The fourth-order valence-electron chi connectivity index (χ4n) is 2.48. The molecule has 0 unspecified atom stereocenters. The van der Waals surface area contributed by atoms with Crippen LogP contribution in [-0.4, -0.2) is 45.8 Å². The molecule has 0 fully saturated rings. The molecule has 0 aliphatic carbocycles. The van der Waals surface area contributed by atoms with E-state index in [0.717, 1.165) is 12.1 Å². The highest BCUT2D eigenvalue weighted by Crippen LogP contribution is 2.26. The van der Waals surface area contributed by atoms with Gasteiger partial charge in [-0.15, -0.1) is 0 Å². The molecule has 0 spiro atoms. The molecular weight excluding hydrogens is 332 g/mol. The van der Waals surface area contributed by atoms with Crippen LogP contribution < -0.4 is 0 Å². The Bertz CT molecular complexity index is 733. The van der Waals surface area contributed by atoms with Crippen LogP contribution in [0.3, 0.4) is 0 Å². The van der Waals surface area contributed by atoms with Gasteiger partial charge >= 0.3 is 23.9 Å². The average Bonchev–Trinajstić information content (AvgIpc) is 2.52. The lowest BCUT2D eigenvalue weighted by Gasteiger charge is -2.15. The van der Waals surface area contributed by atoms with E-state index in [0.29, 0.717) is 12.8 Å². The van der Waals surface area contributed by atoms with Gasteiger partial charge < -0.3 is 20.1 Å². The van der Waals surface area contributed by atoms with Crippen LogP contribution in [0.5, 0.6) is 0 Å². The van der Waals surface area contributed by atoms with Crippen LogP contribution in [0, 0.1) is 6.92 Å². The van der Waals surface area contributed by atoms with E-state index in [1.54, 1.807) is 0 Å². The van der Waals surface area contributed by atoms with Gasteiger partial charge in [-0.3, -0.25) is 0 Å². The highest BCUT2D eigenvalue weighted by Gasteiger charge is 2.27. The molecule has 1 rings (SSSR count). The first kappa shape index (κ1) is 19.9. The van der Waals surface area contributed by atoms with Crippen molar-refractivity contribution in [2.45, 2.75) is 26.2 Å². The SMILES string of the molecule is C=CC(=O)OCCCCc1c(C(=O)O)c(C)cc(C(=O)O)c1C(=O)O. The lowest BCUT2D eigenvalue weighted by Crippen LogP contribution is -2.18. The van der Waals surface area contributed by atoms with Gasteiger partial charge in [0.15, 0.2) is 0 Å². The van der Waals surface area contributed by atoms with Crippen molar-refractivity contribution in [1.82, 2.24) is 0 Å². The van der Waals surface area contributed by atoms with Gasteiger partial charge in [-0.05, 0) is 43.4 Å². The number of carbonyl (C=O) groups is 4. The largest absolute Gasteiger partial charge is 0.478 e. The van der Waals surface area contributed by atoms with E-state index in [-0.39, 0.29) is 29.7 Å². The summed E-state index contributed by atoms with van der Waals surface area (Å²) in [6.45, 7) is 4.72. The summed E-state index contributed by atoms with van der Waals surface area (Å²) >= 11 is 0. The fraction of sp³-hybridized carbons (Fsp3) is 0.294. The molecule has 1 aromatic carbocycles. The van der Waals surface area contributed by atoms with Gasteiger partial charge in [0.1, 0.15) is 0 Å². The predicted octanol–water partition coefficient (Wildman–Crippen LogP) is 2.14. The molecule has 0 amide bonds. The normalized spacial score (nSPS) is 10.1. The lowest BCUT2D eigenvalue weighted by molar-refractivity contribution is -0.137. The molecule has 0 atom stereocenters. The van der Waals surface area contributed by atoms with Crippen molar-refractivity contribution in [2.75, 3.05) is 6.61 Å². The second-order valence-corrected chi connectivity index (χ2v) is 5.21. The van der Waals surface area contributed by atoms with Gasteiger partial charge in [-0.25, -0.2) is 19.2 Å². The first-order valence-electron chi connectivity index (χ1n) is 7.36. The van der Waals surface area contributed by atoms with Crippen molar-refractivity contribution in [3.8, 4) is 0 Å². The van der Waals surface area contributed by atoms with Crippen LogP contribution >= 0.6 is 0 Å². The Hall–Kier alpha value is -3.16. The molecule has 8 nitrogen and oxygen atoms in total. The number of esters is 1. The number of carbonyl (C=O) groups excluding carboxylic acids is 1. The first-order chi connectivity index (χ1) is 11.7. The van der Waals surface area contributed by atoms with Crippen molar-refractivity contribution in [1.29, 1.82) is 0 Å². The number of carboxylic acids is 3. The zero-order valence-corrected chi connectivity index (χ0v) is 13.6. The summed E-state index contributed by atoms with van der Waals surface area (Å²) in [4.78, 5) is 45.3. The van der Waals surface area contributed by atoms with Crippen LogP contribution in [0.15, 0.2) is 18.7 Å². The summed E-state index contributed by atoms with van der Waals surface area (Å²) in [6.07, 6.45) is 1.70. The highest BCUT2D eigenvalue weighted by molar-refractivity contribution is 6.06. The summed E-state index contributed by atoms with van der Waals surface area (Å²) in [6, 6.07) is 1.05. The quantitative estimate of drug-likeness (QED) is 0.350. The zero-order valence-electron chi connectivity index (χ0n) is 13.6. The molecule has 3 N–H and O–H groups in total. The van der Waals surface area contributed by atoms with E-state index in [4.69, 9.17) is 4.74 Å². The van der Waals surface area contributed by atoms with Gasteiger partial charge in [0.05, 0.1) is 23.3 Å². The Labute approximate surface area is 143 Å². The summed E-state index contributed by atoms with van der Waals surface area (Å²) in [7, 11) is 0. The van der Waals surface area contributed by atoms with Crippen LogP contribution in [0.25, 0.3) is 0 Å². The monoisotopic (exact) mass is 350 g/mol. The Morgan fingerprint density at radius 2 is 1.64 bits per heavy atom. The van der Waals surface area contributed by atoms with Crippen molar-refractivity contribution < 1.29 is 39.2 Å². The molecule has 0 radical (unpaired) electrons. The van der Waals surface area contributed by atoms with Crippen LogP contribution in [0.4, 0.5) is 0 Å². The van der Waals surface area contributed by atoms with E-state index in [2.05, 4.69) is 6.58 Å². The maximum atomic E-state index is 11.5. The van der Waals surface area contributed by atoms with Crippen molar-refractivity contribution in [2.24, 2.45) is 0 Å². The van der Waals surface area contributed by atoms with E-state index >= 15 is 0 Å². The highest BCUT2D eigenvalue weighted by atomic mass is 16.5. The lowest BCUT2D eigenvalue weighted by atomic mass is 9.89. The smallest absolute Gasteiger partial charge is 0.336 e. The molecule has 0 saturated heterocycles. The van der Waals surface area contributed by atoms with Crippen LogP contribution in [0.1, 0.15) is 55.0 Å². The second-order valence-electron chi connectivity index (χ2n) is 5.21. The fourth-order valence-corrected chi connectivity index (χ4v) is 2.48. The van der Waals surface area contributed by atoms with E-state index in [1.807, 2.05) is 0 Å². The molecule has 1 aromatic rings. The van der Waals surface area contributed by atoms with Crippen LogP contribution in [-0.2, 0) is 16.0 Å². The molecule has 0 aliphatic heterocycles. The molecule has 0 bridgehead atoms. The minimum absolute atomic E-state index is 0.0247. The maximum Gasteiger partial charge on any atom is 0.336 e. The number of rotatable bonds is 9. The van der Waals surface area contributed by atoms with Gasteiger partial charge in [-0.1, -0.05) is 6.58 Å². The van der Waals surface area contributed by atoms with Crippen molar-refractivity contribution in [3.05, 3.63) is 46.5 Å². The first-order valence-corrected chi connectivity index (χ1v) is 7.36. The number of aryl methyl sites for hydroxylation is 1. The Morgan fingerprint density at radius 3 is 2.12 bits per heavy atom. The number of carboxylic acid groups (broad SMARTS) is 3. The number of hydrogen-bond acceptors (Lipinski definition) is 5. The summed E-state index contributed by atoms with van der Waals surface area (Å²) < 4.78 is 4.79. The zero-order chi connectivity index (χ0) is 19.1. The molecular formula is C17H18O8. The standard InChI is InChI=1S/C17H18O8/c1-3-12(18)25-7-5-4-6-10-13(16(21)22)9(2)8-11(15(19)20)14(10)17(23)24/h3,8H,1,4-7H2,2H3,(H,19,20)(H,21,22)(H,23,24). The van der Waals surface area contributed by atoms with Crippen molar-refractivity contribution in [3.63, 3.8) is 0 Å². The minimum atomic E-state index is -1.51.